The van der Waals surface area contributed by atoms with Gasteiger partial charge in [0.2, 0.25) is 0 Å². The van der Waals surface area contributed by atoms with Crippen LogP contribution in [0.4, 0.5) is 4.39 Å². The number of fused-ring (bicyclic) bond motifs is 1. The highest BCUT2D eigenvalue weighted by molar-refractivity contribution is 7.16. The summed E-state index contributed by atoms with van der Waals surface area (Å²) in [5.41, 5.74) is 2.46. The van der Waals surface area contributed by atoms with E-state index in [0.29, 0.717) is 27.2 Å². The number of Topliss-reactive ketones (excluding diaryl/α,β-unsaturated/α-hetero) is 1. The van der Waals surface area contributed by atoms with Gasteiger partial charge in [0.05, 0.1) is 18.3 Å². The van der Waals surface area contributed by atoms with Crippen molar-refractivity contribution in [1.29, 1.82) is 0 Å². The molecule has 0 saturated heterocycles. The third-order valence-corrected chi connectivity index (χ3v) is 5.38. The lowest BCUT2D eigenvalue weighted by atomic mass is 10.1. The molecule has 0 saturated carbocycles. The van der Waals surface area contributed by atoms with Crippen molar-refractivity contribution in [3.63, 3.8) is 0 Å². The minimum Gasteiger partial charge on any atom is -0.318 e. The van der Waals surface area contributed by atoms with Crippen LogP contribution in [0.1, 0.15) is 21.7 Å². The molecule has 0 N–H and O–H groups in total. The smallest absolute Gasteiger partial charge is 0.262 e. The predicted molar refractivity (Wildman–Crippen MR) is 103 cm³/mol. The Kier molecular flexibility index (Phi) is 4.24. The summed E-state index contributed by atoms with van der Waals surface area (Å²) in [5.74, 6) is -0.529. The van der Waals surface area contributed by atoms with Crippen molar-refractivity contribution in [2.24, 2.45) is 0 Å². The number of ketones is 1. The van der Waals surface area contributed by atoms with Crippen molar-refractivity contribution in [3.05, 3.63) is 81.2 Å². The molecule has 0 fully saturated rings. The number of aryl methyl sites for hydroxylation is 1. The first kappa shape index (κ1) is 17.4. The molecule has 0 aliphatic rings. The SMILES string of the molecule is Cc1cc(C(=O)Cn2cnc3sccc3c2=O)c(C)n1-c1cccc(F)c1. The molecule has 1 aromatic carbocycles. The molecule has 4 rings (SSSR count). The summed E-state index contributed by atoms with van der Waals surface area (Å²) < 4.78 is 16.7. The van der Waals surface area contributed by atoms with E-state index in [9.17, 15) is 14.0 Å². The summed E-state index contributed by atoms with van der Waals surface area (Å²) in [6.45, 7) is 3.58. The molecule has 3 aromatic heterocycles. The van der Waals surface area contributed by atoms with Gasteiger partial charge >= 0.3 is 0 Å². The van der Waals surface area contributed by atoms with Crippen molar-refractivity contribution in [3.8, 4) is 5.69 Å². The van der Waals surface area contributed by atoms with E-state index in [1.807, 2.05) is 18.4 Å². The van der Waals surface area contributed by atoms with Gasteiger partial charge in [-0.1, -0.05) is 6.07 Å². The lowest BCUT2D eigenvalue weighted by molar-refractivity contribution is 0.0970. The van der Waals surface area contributed by atoms with Gasteiger partial charge in [-0.25, -0.2) is 9.37 Å². The van der Waals surface area contributed by atoms with Crippen LogP contribution in [-0.2, 0) is 6.54 Å². The van der Waals surface area contributed by atoms with E-state index in [-0.39, 0.29) is 23.7 Å². The Morgan fingerprint density at radius 2 is 2.04 bits per heavy atom. The van der Waals surface area contributed by atoms with Gasteiger partial charge in [-0.05, 0) is 49.6 Å². The van der Waals surface area contributed by atoms with Gasteiger partial charge in [0.15, 0.2) is 5.78 Å². The largest absolute Gasteiger partial charge is 0.318 e. The standard InChI is InChI=1S/C20H16FN3O2S/c1-12-8-17(13(2)24(12)15-5-3-4-14(21)9-15)18(25)10-23-11-22-19-16(20(23)26)6-7-27-19/h3-9,11H,10H2,1-2H3. The summed E-state index contributed by atoms with van der Waals surface area (Å²) in [5, 5.41) is 2.32. The average Bonchev–Trinajstić information content (AvgIpc) is 3.22. The molecule has 7 heteroatoms. The minimum atomic E-state index is -0.338. The second kappa shape index (κ2) is 6.59. The maximum absolute atomic E-state index is 13.6. The first-order chi connectivity index (χ1) is 13.0. The third-order valence-electron chi connectivity index (χ3n) is 4.56. The Morgan fingerprint density at radius 3 is 2.81 bits per heavy atom. The molecular formula is C20H16FN3O2S. The molecule has 0 unspecified atom stereocenters. The summed E-state index contributed by atoms with van der Waals surface area (Å²) in [4.78, 5) is 30.2. The van der Waals surface area contributed by atoms with Crippen molar-refractivity contribution in [1.82, 2.24) is 14.1 Å². The molecule has 27 heavy (non-hydrogen) atoms. The lowest BCUT2D eigenvalue weighted by Gasteiger charge is -2.10. The van der Waals surface area contributed by atoms with Crippen LogP contribution in [0.5, 0.6) is 0 Å². The summed E-state index contributed by atoms with van der Waals surface area (Å²) in [6.07, 6.45) is 1.41. The van der Waals surface area contributed by atoms with Crippen LogP contribution in [0.2, 0.25) is 0 Å². The van der Waals surface area contributed by atoms with Gasteiger partial charge in [-0.3, -0.25) is 14.2 Å². The van der Waals surface area contributed by atoms with Gasteiger partial charge in [-0.2, -0.15) is 0 Å². The Bertz CT molecular complexity index is 1240. The van der Waals surface area contributed by atoms with Gasteiger partial charge in [-0.15, -0.1) is 11.3 Å². The van der Waals surface area contributed by atoms with Crippen LogP contribution in [0.3, 0.4) is 0 Å². The van der Waals surface area contributed by atoms with E-state index in [2.05, 4.69) is 4.98 Å². The number of thiophene rings is 1. The maximum Gasteiger partial charge on any atom is 0.262 e. The fourth-order valence-corrected chi connectivity index (χ4v) is 4.03. The summed E-state index contributed by atoms with van der Waals surface area (Å²) in [7, 11) is 0. The number of benzene rings is 1. The van der Waals surface area contributed by atoms with Crippen LogP contribution in [-0.4, -0.2) is 19.9 Å². The van der Waals surface area contributed by atoms with Crippen LogP contribution >= 0.6 is 11.3 Å². The monoisotopic (exact) mass is 381 g/mol. The van der Waals surface area contributed by atoms with E-state index in [1.54, 1.807) is 29.6 Å². The summed E-state index contributed by atoms with van der Waals surface area (Å²) >= 11 is 1.39. The number of hydrogen-bond donors (Lipinski definition) is 0. The fraction of sp³-hybridized carbons (Fsp3) is 0.150. The first-order valence-corrected chi connectivity index (χ1v) is 9.24. The quantitative estimate of drug-likeness (QED) is 0.504. The highest BCUT2D eigenvalue weighted by Gasteiger charge is 2.18. The van der Waals surface area contributed by atoms with Crippen LogP contribution < -0.4 is 5.56 Å². The molecule has 136 valence electrons. The lowest BCUT2D eigenvalue weighted by Crippen LogP contribution is -2.24. The zero-order valence-electron chi connectivity index (χ0n) is 14.8. The number of rotatable bonds is 4. The number of halogens is 1. The van der Waals surface area contributed by atoms with Crippen LogP contribution in [0.15, 0.2) is 52.9 Å². The third kappa shape index (κ3) is 3.00. The maximum atomic E-state index is 13.6. The Labute approximate surface area is 158 Å². The van der Waals surface area contributed by atoms with Crippen molar-refractivity contribution in [2.75, 3.05) is 0 Å². The van der Waals surface area contributed by atoms with E-state index in [1.165, 1.54) is 34.4 Å². The van der Waals surface area contributed by atoms with E-state index >= 15 is 0 Å². The molecule has 0 bridgehead atoms. The fourth-order valence-electron chi connectivity index (χ4n) is 3.30. The molecule has 0 amide bonds. The molecule has 0 spiro atoms. The van der Waals surface area contributed by atoms with E-state index in [0.717, 1.165) is 5.69 Å². The predicted octanol–water partition coefficient (Wildman–Crippen LogP) is 3.89. The first-order valence-electron chi connectivity index (χ1n) is 8.36. The Morgan fingerprint density at radius 1 is 1.22 bits per heavy atom. The second-order valence-corrected chi connectivity index (χ2v) is 7.23. The van der Waals surface area contributed by atoms with Gasteiger partial charge in [0.25, 0.3) is 5.56 Å². The molecule has 0 aliphatic heterocycles. The average molecular weight is 381 g/mol. The highest BCUT2D eigenvalue weighted by Crippen LogP contribution is 2.22. The van der Waals surface area contributed by atoms with Crippen molar-refractivity contribution >= 4 is 27.3 Å². The molecule has 4 aromatic rings. The van der Waals surface area contributed by atoms with E-state index in [4.69, 9.17) is 0 Å². The van der Waals surface area contributed by atoms with Crippen molar-refractivity contribution in [2.45, 2.75) is 20.4 Å². The Balaban J connectivity index is 1.71. The van der Waals surface area contributed by atoms with E-state index < -0.39 is 0 Å². The van der Waals surface area contributed by atoms with Crippen molar-refractivity contribution < 1.29 is 9.18 Å². The molecule has 5 nitrogen and oxygen atoms in total. The van der Waals surface area contributed by atoms with Gasteiger partial charge in [0, 0.05) is 22.6 Å². The second-order valence-electron chi connectivity index (χ2n) is 6.34. The molecule has 0 aliphatic carbocycles. The van der Waals surface area contributed by atoms with Gasteiger partial charge in [0.1, 0.15) is 10.6 Å². The van der Waals surface area contributed by atoms with Crippen LogP contribution in [0.25, 0.3) is 15.9 Å². The number of carbonyl (C=O) groups is 1. The normalized spacial score (nSPS) is 11.2. The molecular weight excluding hydrogens is 365 g/mol. The van der Waals surface area contributed by atoms with Gasteiger partial charge < -0.3 is 4.57 Å². The molecule has 0 radical (unpaired) electrons. The number of hydrogen-bond acceptors (Lipinski definition) is 4. The zero-order valence-corrected chi connectivity index (χ0v) is 15.6. The highest BCUT2D eigenvalue weighted by atomic mass is 32.1. The number of carbonyl (C=O) groups excluding carboxylic acids is 1. The molecule has 0 atom stereocenters. The zero-order chi connectivity index (χ0) is 19.1. The topological polar surface area (TPSA) is 56.9 Å². The summed E-state index contributed by atoms with van der Waals surface area (Å²) in [6, 6.07) is 9.70. The Hall–Kier alpha value is -3.06. The molecule has 3 heterocycles. The minimum absolute atomic E-state index is 0.0922. The number of nitrogens with zero attached hydrogens (tertiary/aromatic N) is 3. The van der Waals surface area contributed by atoms with Crippen LogP contribution in [0, 0.1) is 19.7 Å². The number of aromatic nitrogens is 3.